The highest BCUT2D eigenvalue weighted by Gasteiger charge is 2.21. The van der Waals surface area contributed by atoms with E-state index < -0.39 is 21.4 Å². The van der Waals surface area contributed by atoms with Gasteiger partial charge in [-0.25, -0.2) is 8.42 Å². The number of hydrogen-bond donors (Lipinski definition) is 0. The second kappa shape index (κ2) is 6.70. The van der Waals surface area contributed by atoms with Gasteiger partial charge in [0.2, 0.25) is 0 Å². The van der Waals surface area contributed by atoms with E-state index in [9.17, 15) is 13.2 Å². The molecule has 0 amide bonds. The van der Waals surface area contributed by atoms with Gasteiger partial charge in [-0.05, 0) is 25.0 Å². The van der Waals surface area contributed by atoms with Crippen molar-refractivity contribution in [2.75, 3.05) is 18.1 Å². The molecule has 0 unspecified atom stereocenters. The number of Topliss-reactive ketones (excluding diaryl/α,β-unsaturated/α-hetero) is 1. The molecule has 0 N–H and O–H groups in total. The zero-order valence-electron chi connectivity index (χ0n) is 11.5. The van der Waals surface area contributed by atoms with Crippen LogP contribution in [-0.4, -0.2) is 32.3 Å². The van der Waals surface area contributed by atoms with Crippen LogP contribution in [0.3, 0.4) is 0 Å². The number of sulfone groups is 1. The second-order valence-corrected chi connectivity index (χ2v) is 6.91. The average Bonchev–Trinajstić information content (AvgIpc) is 2.27. The van der Waals surface area contributed by atoms with Crippen molar-refractivity contribution in [3.8, 4) is 5.75 Å². The first-order valence-electron chi connectivity index (χ1n) is 6.31. The molecule has 4 nitrogen and oxygen atoms in total. The molecular formula is C14H20O4S. The highest BCUT2D eigenvalue weighted by Crippen LogP contribution is 2.19. The number of para-hydroxylation sites is 1. The van der Waals surface area contributed by atoms with Crippen LogP contribution < -0.4 is 4.74 Å². The fourth-order valence-corrected chi connectivity index (χ4v) is 3.51. The van der Waals surface area contributed by atoms with E-state index in [4.69, 9.17) is 4.74 Å². The van der Waals surface area contributed by atoms with Crippen molar-refractivity contribution in [1.82, 2.24) is 0 Å². The number of rotatable bonds is 7. The van der Waals surface area contributed by atoms with E-state index in [0.29, 0.717) is 17.9 Å². The van der Waals surface area contributed by atoms with Crippen molar-refractivity contribution in [2.24, 2.45) is 5.92 Å². The van der Waals surface area contributed by atoms with E-state index in [1.165, 1.54) is 0 Å². The zero-order chi connectivity index (χ0) is 14.5. The monoisotopic (exact) mass is 284 g/mol. The van der Waals surface area contributed by atoms with Crippen LogP contribution in [0.1, 0.15) is 31.1 Å². The van der Waals surface area contributed by atoms with Gasteiger partial charge in [-0.2, -0.15) is 0 Å². The smallest absolute Gasteiger partial charge is 0.181 e. The lowest BCUT2D eigenvalue weighted by Crippen LogP contribution is -2.22. The highest BCUT2D eigenvalue weighted by atomic mass is 32.2. The summed E-state index contributed by atoms with van der Waals surface area (Å²) in [5, 5.41) is 0. The maximum Gasteiger partial charge on any atom is 0.181 e. The van der Waals surface area contributed by atoms with Crippen molar-refractivity contribution >= 4 is 15.6 Å². The lowest BCUT2D eigenvalue weighted by molar-refractivity contribution is 0.101. The lowest BCUT2D eigenvalue weighted by atomic mass is 10.1. The Bertz CT molecular complexity index is 532. The van der Waals surface area contributed by atoms with E-state index in [1.54, 1.807) is 24.3 Å². The van der Waals surface area contributed by atoms with Gasteiger partial charge in [-0.3, -0.25) is 4.79 Å². The number of ether oxygens (including phenoxy) is 1. The van der Waals surface area contributed by atoms with E-state index in [-0.39, 0.29) is 11.7 Å². The molecule has 0 atom stereocenters. The summed E-state index contributed by atoms with van der Waals surface area (Å²) in [6.45, 7) is 5.88. The standard InChI is InChI=1S/C14H20O4S/c1-4-18-14-8-6-5-7-12(14)13(15)10-19(16,17)9-11(2)3/h5-8,11H,4,9-10H2,1-3H3. The number of benzene rings is 1. The topological polar surface area (TPSA) is 60.4 Å². The van der Waals surface area contributed by atoms with E-state index in [0.717, 1.165) is 0 Å². The summed E-state index contributed by atoms with van der Waals surface area (Å²) in [6, 6.07) is 6.72. The van der Waals surface area contributed by atoms with Crippen molar-refractivity contribution in [2.45, 2.75) is 20.8 Å². The molecule has 0 radical (unpaired) electrons. The largest absolute Gasteiger partial charge is 0.493 e. The Labute approximate surface area is 114 Å². The first-order valence-corrected chi connectivity index (χ1v) is 8.13. The molecule has 0 saturated heterocycles. The molecular weight excluding hydrogens is 264 g/mol. The van der Waals surface area contributed by atoms with Gasteiger partial charge < -0.3 is 4.74 Å². The summed E-state index contributed by atoms with van der Waals surface area (Å²) < 4.78 is 29.0. The Hall–Kier alpha value is -1.36. The minimum Gasteiger partial charge on any atom is -0.493 e. The molecule has 0 aliphatic carbocycles. The predicted molar refractivity (Wildman–Crippen MR) is 75.4 cm³/mol. The molecule has 1 aromatic rings. The van der Waals surface area contributed by atoms with Gasteiger partial charge in [0.15, 0.2) is 15.6 Å². The molecule has 0 fully saturated rings. The molecule has 5 heteroatoms. The highest BCUT2D eigenvalue weighted by molar-refractivity contribution is 7.92. The average molecular weight is 284 g/mol. The van der Waals surface area contributed by atoms with Crippen LogP contribution >= 0.6 is 0 Å². The third kappa shape index (κ3) is 5.03. The summed E-state index contributed by atoms with van der Waals surface area (Å²) in [4.78, 5) is 12.1. The van der Waals surface area contributed by atoms with Crippen LogP contribution in [0.15, 0.2) is 24.3 Å². The van der Waals surface area contributed by atoms with Crippen LogP contribution in [0.5, 0.6) is 5.75 Å². The van der Waals surface area contributed by atoms with Crippen molar-refractivity contribution in [1.29, 1.82) is 0 Å². The normalized spacial score (nSPS) is 11.6. The van der Waals surface area contributed by atoms with E-state index >= 15 is 0 Å². The quantitative estimate of drug-likeness (QED) is 0.721. The Morgan fingerprint density at radius 1 is 1.26 bits per heavy atom. The van der Waals surface area contributed by atoms with Crippen LogP contribution in [0, 0.1) is 5.92 Å². The Morgan fingerprint density at radius 3 is 2.47 bits per heavy atom. The van der Waals surface area contributed by atoms with Gasteiger partial charge in [0.1, 0.15) is 11.5 Å². The number of carbonyl (C=O) groups is 1. The van der Waals surface area contributed by atoms with Crippen molar-refractivity contribution in [3.05, 3.63) is 29.8 Å². The summed E-state index contributed by atoms with van der Waals surface area (Å²) in [7, 11) is -3.37. The SMILES string of the molecule is CCOc1ccccc1C(=O)CS(=O)(=O)CC(C)C. The first-order chi connectivity index (χ1) is 8.85. The molecule has 0 bridgehead atoms. The molecule has 0 saturated carbocycles. The van der Waals surface area contributed by atoms with Crippen LogP contribution in [-0.2, 0) is 9.84 Å². The van der Waals surface area contributed by atoms with Crippen molar-refractivity contribution < 1.29 is 17.9 Å². The van der Waals surface area contributed by atoms with Gasteiger partial charge in [0, 0.05) is 0 Å². The number of hydrogen-bond acceptors (Lipinski definition) is 4. The Morgan fingerprint density at radius 2 is 1.89 bits per heavy atom. The summed E-state index contributed by atoms with van der Waals surface area (Å²) >= 11 is 0. The Balaban J connectivity index is 2.90. The predicted octanol–water partition coefficient (Wildman–Crippen LogP) is 2.34. The van der Waals surface area contributed by atoms with Gasteiger partial charge >= 0.3 is 0 Å². The number of carbonyl (C=O) groups excluding carboxylic acids is 1. The zero-order valence-corrected chi connectivity index (χ0v) is 12.4. The maximum atomic E-state index is 12.1. The third-order valence-corrected chi connectivity index (χ3v) is 4.30. The van der Waals surface area contributed by atoms with E-state index in [2.05, 4.69) is 0 Å². The minimum atomic E-state index is -3.37. The molecule has 1 aromatic carbocycles. The molecule has 19 heavy (non-hydrogen) atoms. The molecule has 0 aliphatic rings. The third-order valence-electron chi connectivity index (χ3n) is 2.43. The fraction of sp³-hybridized carbons (Fsp3) is 0.500. The lowest BCUT2D eigenvalue weighted by Gasteiger charge is -2.10. The van der Waals surface area contributed by atoms with Crippen LogP contribution in [0.25, 0.3) is 0 Å². The molecule has 1 rings (SSSR count). The summed E-state index contributed by atoms with van der Waals surface area (Å²) in [5.41, 5.74) is 0.330. The minimum absolute atomic E-state index is 0.0138. The molecule has 0 aromatic heterocycles. The number of ketones is 1. The van der Waals surface area contributed by atoms with Gasteiger partial charge in [-0.1, -0.05) is 26.0 Å². The first kappa shape index (κ1) is 15.7. The van der Waals surface area contributed by atoms with Crippen LogP contribution in [0.4, 0.5) is 0 Å². The van der Waals surface area contributed by atoms with E-state index in [1.807, 2.05) is 20.8 Å². The molecule has 0 aliphatic heterocycles. The van der Waals surface area contributed by atoms with Gasteiger partial charge in [0.05, 0.1) is 17.9 Å². The molecule has 0 heterocycles. The Kier molecular flexibility index (Phi) is 5.54. The maximum absolute atomic E-state index is 12.1. The molecule has 106 valence electrons. The van der Waals surface area contributed by atoms with Crippen LogP contribution in [0.2, 0.25) is 0 Å². The van der Waals surface area contributed by atoms with Crippen molar-refractivity contribution in [3.63, 3.8) is 0 Å². The fourth-order valence-electron chi connectivity index (χ4n) is 1.82. The summed E-state index contributed by atoms with van der Waals surface area (Å²) in [6.07, 6.45) is 0. The van der Waals surface area contributed by atoms with Gasteiger partial charge in [0.25, 0.3) is 0 Å². The summed E-state index contributed by atoms with van der Waals surface area (Å²) in [5.74, 6) is -0.399. The molecule has 0 spiro atoms. The van der Waals surface area contributed by atoms with Gasteiger partial charge in [-0.15, -0.1) is 0 Å². The second-order valence-electron chi connectivity index (χ2n) is 4.80.